The summed E-state index contributed by atoms with van der Waals surface area (Å²) >= 11 is 0. The Balaban J connectivity index is 1.86. The van der Waals surface area contributed by atoms with Gasteiger partial charge in [0.15, 0.2) is 0 Å². The fourth-order valence-corrected chi connectivity index (χ4v) is 3.40. The topological polar surface area (TPSA) is 21.7 Å². The van der Waals surface area contributed by atoms with E-state index in [1.54, 1.807) is 0 Å². The van der Waals surface area contributed by atoms with Crippen LogP contribution in [0.5, 0.6) is 0 Å². The molecule has 3 heteroatoms. The summed E-state index contributed by atoms with van der Waals surface area (Å²) in [4.78, 5) is 2.58. The number of hydrogen-bond donors (Lipinski definition) is 0. The van der Waals surface area contributed by atoms with E-state index >= 15 is 0 Å². The van der Waals surface area contributed by atoms with Crippen molar-refractivity contribution in [2.75, 3.05) is 32.9 Å². The lowest BCUT2D eigenvalue weighted by Crippen LogP contribution is -2.43. The molecule has 104 valence electrons. The highest BCUT2D eigenvalue weighted by Gasteiger charge is 2.36. The molecule has 0 amide bonds. The van der Waals surface area contributed by atoms with Crippen LogP contribution in [0.1, 0.15) is 24.9 Å². The van der Waals surface area contributed by atoms with Gasteiger partial charge in [0, 0.05) is 31.7 Å². The molecule has 0 aliphatic carbocycles. The second kappa shape index (κ2) is 6.04. The molecule has 3 atom stereocenters. The Morgan fingerprint density at radius 1 is 1.11 bits per heavy atom. The van der Waals surface area contributed by atoms with Crippen molar-refractivity contribution >= 4 is 0 Å². The molecule has 0 unspecified atom stereocenters. The number of morpholine rings is 1. The molecule has 0 radical (unpaired) electrons. The van der Waals surface area contributed by atoms with Crippen molar-refractivity contribution in [2.45, 2.75) is 25.5 Å². The van der Waals surface area contributed by atoms with Crippen molar-refractivity contribution < 1.29 is 9.47 Å². The van der Waals surface area contributed by atoms with Crippen molar-refractivity contribution in [3.8, 4) is 0 Å². The summed E-state index contributed by atoms with van der Waals surface area (Å²) in [5, 5.41) is 0. The largest absolute Gasteiger partial charge is 0.379 e. The average molecular weight is 261 g/mol. The maximum atomic E-state index is 5.80. The standard InChI is InChI=1S/C16H23NO2/c1-13-15(7-10-19-13)16(14-5-3-2-4-6-14)17-8-11-18-12-9-17/h2-6,13,15-16H,7-12H2,1H3/t13-,15-,16+/m1/s1. The minimum absolute atomic E-state index is 0.355. The van der Waals surface area contributed by atoms with Crippen LogP contribution in [0.2, 0.25) is 0 Å². The van der Waals surface area contributed by atoms with E-state index in [2.05, 4.69) is 42.2 Å². The van der Waals surface area contributed by atoms with Gasteiger partial charge >= 0.3 is 0 Å². The monoisotopic (exact) mass is 261 g/mol. The molecule has 0 aromatic heterocycles. The Morgan fingerprint density at radius 3 is 2.47 bits per heavy atom. The Hall–Kier alpha value is -0.900. The van der Waals surface area contributed by atoms with Gasteiger partial charge in [0.2, 0.25) is 0 Å². The van der Waals surface area contributed by atoms with Gasteiger partial charge in [-0.3, -0.25) is 4.90 Å². The Bertz CT molecular complexity index is 389. The van der Waals surface area contributed by atoms with Crippen molar-refractivity contribution in [3.63, 3.8) is 0 Å². The van der Waals surface area contributed by atoms with Gasteiger partial charge in [-0.05, 0) is 18.9 Å². The summed E-state index contributed by atoms with van der Waals surface area (Å²) in [5.74, 6) is 0.598. The second-order valence-electron chi connectivity index (χ2n) is 5.53. The first-order chi connectivity index (χ1) is 9.36. The molecule has 2 saturated heterocycles. The van der Waals surface area contributed by atoms with Crippen LogP contribution in [0, 0.1) is 5.92 Å². The molecule has 0 spiro atoms. The maximum Gasteiger partial charge on any atom is 0.0594 e. The van der Waals surface area contributed by atoms with Crippen molar-refractivity contribution in [1.82, 2.24) is 4.90 Å². The highest BCUT2D eigenvalue weighted by atomic mass is 16.5. The van der Waals surface area contributed by atoms with Crippen LogP contribution in [0.25, 0.3) is 0 Å². The molecule has 3 nitrogen and oxygen atoms in total. The van der Waals surface area contributed by atoms with Crippen LogP contribution < -0.4 is 0 Å². The molecule has 0 N–H and O–H groups in total. The van der Waals surface area contributed by atoms with Crippen LogP contribution in [0.15, 0.2) is 30.3 Å². The molecule has 1 aromatic carbocycles. The Morgan fingerprint density at radius 2 is 1.84 bits per heavy atom. The van der Waals surface area contributed by atoms with E-state index in [1.165, 1.54) is 5.56 Å². The third-order valence-corrected chi connectivity index (χ3v) is 4.42. The maximum absolute atomic E-state index is 5.80. The summed E-state index contributed by atoms with van der Waals surface area (Å²) in [6.07, 6.45) is 1.52. The lowest BCUT2D eigenvalue weighted by Gasteiger charge is -2.39. The Kier molecular flexibility index (Phi) is 4.16. The van der Waals surface area contributed by atoms with Gasteiger partial charge in [0.1, 0.15) is 0 Å². The van der Waals surface area contributed by atoms with Gasteiger partial charge in [0.05, 0.1) is 19.3 Å². The molecule has 2 fully saturated rings. The third kappa shape index (κ3) is 2.83. The first-order valence-electron chi connectivity index (χ1n) is 7.34. The van der Waals surface area contributed by atoms with E-state index in [4.69, 9.17) is 9.47 Å². The van der Waals surface area contributed by atoms with E-state index in [0.29, 0.717) is 18.1 Å². The van der Waals surface area contributed by atoms with Gasteiger partial charge in [-0.1, -0.05) is 30.3 Å². The summed E-state index contributed by atoms with van der Waals surface area (Å²) in [7, 11) is 0. The highest BCUT2D eigenvalue weighted by molar-refractivity contribution is 5.21. The lowest BCUT2D eigenvalue weighted by atomic mass is 9.87. The summed E-state index contributed by atoms with van der Waals surface area (Å²) in [5.41, 5.74) is 1.42. The van der Waals surface area contributed by atoms with Crippen molar-refractivity contribution in [2.24, 2.45) is 5.92 Å². The zero-order valence-electron chi connectivity index (χ0n) is 11.6. The second-order valence-corrected chi connectivity index (χ2v) is 5.53. The highest BCUT2D eigenvalue weighted by Crippen LogP contribution is 2.37. The van der Waals surface area contributed by atoms with Gasteiger partial charge in [-0.25, -0.2) is 0 Å². The molecule has 2 aliphatic rings. The zero-order chi connectivity index (χ0) is 13.1. The quantitative estimate of drug-likeness (QED) is 0.834. The summed E-state index contributed by atoms with van der Waals surface area (Å²) in [6, 6.07) is 11.4. The molecule has 0 bridgehead atoms. The normalized spacial score (nSPS) is 30.4. The van der Waals surface area contributed by atoms with Crippen molar-refractivity contribution in [3.05, 3.63) is 35.9 Å². The van der Waals surface area contributed by atoms with Gasteiger partial charge < -0.3 is 9.47 Å². The Labute approximate surface area is 115 Å². The molecule has 2 aliphatic heterocycles. The number of rotatable bonds is 3. The predicted molar refractivity (Wildman–Crippen MR) is 75.1 cm³/mol. The molecule has 3 rings (SSSR count). The van der Waals surface area contributed by atoms with Gasteiger partial charge in [-0.15, -0.1) is 0 Å². The van der Waals surface area contributed by atoms with Gasteiger partial charge in [0.25, 0.3) is 0 Å². The van der Waals surface area contributed by atoms with Crippen LogP contribution >= 0.6 is 0 Å². The smallest absolute Gasteiger partial charge is 0.0594 e. The van der Waals surface area contributed by atoms with E-state index in [9.17, 15) is 0 Å². The van der Waals surface area contributed by atoms with E-state index < -0.39 is 0 Å². The fraction of sp³-hybridized carbons (Fsp3) is 0.625. The summed E-state index contributed by atoms with van der Waals surface area (Å²) < 4.78 is 11.3. The molecular weight excluding hydrogens is 238 g/mol. The minimum atomic E-state index is 0.355. The SMILES string of the molecule is C[C@H]1OCC[C@H]1[C@H](c1ccccc1)N1CCOCC1. The van der Waals surface area contributed by atoms with E-state index in [0.717, 1.165) is 39.3 Å². The molecular formula is C16H23NO2. The molecule has 0 saturated carbocycles. The predicted octanol–water partition coefficient (Wildman–Crippen LogP) is 2.48. The molecule has 1 aromatic rings. The van der Waals surface area contributed by atoms with Crippen LogP contribution in [0.3, 0.4) is 0 Å². The van der Waals surface area contributed by atoms with Gasteiger partial charge in [-0.2, -0.15) is 0 Å². The molecule has 2 heterocycles. The number of nitrogens with zero attached hydrogens (tertiary/aromatic N) is 1. The number of ether oxygens (including phenoxy) is 2. The van der Waals surface area contributed by atoms with E-state index in [-0.39, 0.29) is 0 Å². The average Bonchev–Trinajstić information content (AvgIpc) is 2.88. The number of benzene rings is 1. The molecule has 19 heavy (non-hydrogen) atoms. The number of hydrogen-bond acceptors (Lipinski definition) is 3. The van der Waals surface area contributed by atoms with Crippen LogP contribution in [-0.4, -0.2) is 43.9 Å². The van der Waals surface area contributed by atoms with Crippen LogP contribution in [-0.2, 0) is 9.47 Å². The first-order valence-corrected chi connectivity index (χ1v) is 7.34. The van der Waals surface area contributed by atoms with Crippen LogP contribution in [0.4, 0.5) is 0 Å². The fourth-order valence-electron chi connectivity index (χ4n) is 3.40. The third-order valence-electron chi connectivity index (χ3n) is 4.42. The lowest BCUT2D eigenvalue weighted by molar-refractivity contribution is -0.00961. The minimum Gasteiger partial charge on any atom is -0.379 e. The first kappa shape index (κ1) is 13.1. The summed E-state index contributed by atoms with van der Waals surface area (Å²) in [6.45, 7) is 6.88. The van der Waals surface area contributed by atoms with Crippen molar-refractivity contribution in [1.29, 1.82) is 0 Å². The van der Waals surface area contributed by atoms with E-state index in [1.807, 2.05) is 0 Å². The zero-order valence-corrected chi connectivity index (χ0v) is 11.6.